The van der Waals surface area contributed by atoms with Crippen molar-refractivity contribution in [1.29, 1.82) is 0 Å². The summed E-state index contributed by atoms with van der Waals surface area (Å²) in [4.78, 5) is 13.7. The number of rotatable bonds is 8. The normalized spacial score (nSPS) is 26.7. The summed E-state index contributed by atoms with van der Waals surface area (Å²) in [5, 5.41) is 19.8. The van der Waals surface area contributed by atoms with E-state index in [0.29, 0.717) is 44.4 Å². The number of hydrogen-bond acceptors (Lipinski definition) is 6. The zero-order valence-electron chi connectivity index (χ0n) is 17.8. The minimum Gasteiger partial charge on any atom is -0.493 e. The molecule has 0 unspecified atom stereocenters. The Bertz CT molecular complexity index is 727. The Morgan fingerprint density at radius 1 is 1.38 bits per heavy atom. The summed E-state index contributed by atoms with van der Waals surface area (Å²) in [7, 11) is 1.61. The predicted molar refractivity (Wildman–Crippen MR) is 108 cm³/mol. The first-order valence-electron chi connectivity index (χ1n) is 10.2. The molecule has 7 heteroatoms. The summed E-state index contributed by atoms with van der Waals surface area (Å²) in [6, 6.07) is 5.80. The Kier molecular flexibility index (Phi) is 6.41. The van der Waals surface area contributed by atoms with Crippen molar-refractivity contribution in [2.75, 3.05) is 46.6 Å². The first-order chi connectivity index (χ1) is 13.8. The lowest BCUT2D eigenvalue weighted by molar-refractivity contribution is -0.133. The van der Waals surface area contributed by atoms with Gasteiger partial charge in [-0.15, -0.1) is 0 Å². The molecule has 0 spiro atoms. The molecule has 7 nitrogen and oxygen atoms in total. The van der Waals surface area contributed by atoms with Gasteiger partial charge in [0, 0.05) is 24.4 Å². The molecule has 1 aromatic carbocycles. The van der Waals surface area contributed by atoms with E-state index in [0.717, 1.165) is 12.0 Å². The van der Waals surface area contributed by atoms with Crippen molar-refractivity contribution < 1.29 is 29.2 Å². The molecular formula is C22H33NO6. The maximum Gasteiger partial charge on any atom is 0.248 e. The lowest BCUT2D eigenvalue weighted by Gasteiger charge is -2.40. The second kappa shape index (κ2) is 8.50. The van der Waals surface area contributed by atoms with Gasteiger partial charge in [-0.3, -0.25) is 4.79 Å². The van der Waals surface area contributed by atoms with Crippen LogP contribution in [-0.2, 0) is 9.53 Å². The van der Waals surface area contributed by atoms with E-state index in [1.54, 1.807) is 18.9 Å². The Morgan fingerprint density at radius 3 is 2.62 bits per heavy atom. The molecule has 2 aliphatic rings. The van der Waals surface area contributed by atoms with Gasteiger partial charge in [0.25, 0.3) is 0 Å². The topological polar surface area (TPSA) is 88.5 Å². The van der Waals surface area contributed by atoms with Crippen molar-refractivity contribution in [2.45, 2.75) is 39.2 Å². The van der Waals surface area contributed by atoms with E-state index in [1.807, 2.05) is 25.1 Å². The van der Waals surface area contributed by atoms with Crippen LogP contribution >= 0.6 is 0 Å². The molecule has 0 radical (unpaired) electrons. The van der Waals surface area contributed by atoms with Crippen LogP contribution in [0.5, 0.6) is 11.5 Å². The fourth-order valence-electron chi connectivity index (χ4n) is 4.25. The zero-order chi connectivity index (χ0) is 21.2. The Labute approximate surface area is 172 Å². The molecule has 0 saturated carbocycles. The number of aliphatic hydroxyl groups excluding tert-OH is 2. The van der Waals surface area contributed by atoms with E-state index in [2.05, 4.69) is 6.92 Å². The fraction of sp³-hybridized carbons (Fsp3) is 0.682. The van der Waals surface area contributed by atoms with Crippen LogP contribution in [-0.4, -0.2) is 73.8 Å². The van der Waals surface area contributed by atoms with Crippen LogP contribution in [0.15, 0.2) is 18.2 Å². The average molecular weight is 408 g/mol. The predicted octanol–water partition coefficient (Wildman–Crippen LogP) is 1.81. The summed E-state index contributed by atoms with van der Waals surface area (Å²) in [6.07, 6.45) is 0.363. The van der Waals surface area contributed by atoms with Gasteiger partial charge in [0.2, 0.25) is 5.91 Å². The number of benzene rings is 1. The second-order valence-corrected chi connectivity index (χ2v) is 8.71. The molecule has 2 aliphatic heterocycles. The fourth-order valence-corrected chi connectivity index (χ4v) is 4.25. The summed E-state index contributed by atoms with van der Waals surface area (Å²) >= 11 is 0. The number of carbonyl (C=O) groups excluding carboxylic acids is 1. The zero-order valence-corrected chi connectivity index (χ0v) is 17.8. The molecule has 0 bridgehead atoms. The van der Waals surface area contributed by atoms with Gasteiger partial charge in [0.1, 0.15) is 6.61 Å². The molecule has 162 valence electrons. The molecule has 1 aromatic rings. The third kappa shape index (κ3) is 4.09. The van der Waals surface area contributed by atoms with Gasteiger partial charge in [-0.25, -0.2) is 0 Å². The summed E-state index contributed by atoms with van der Waals surface area (Å²) in [5.41, 5.74) is 0.503. The van der Waals surface area contributed by atoms with E-state index in [-0.39, 0.29) is 17.2 Å². The number of nitrogens with zero attached hydrogens (tertiary/aromatic N) is 1. The van der Waals surface area contributed by atoms with Crippen molar-refractivity contribution in [3.8, 4) is 11.5 Å². The summed E-state index contributed by atoms with van der Waals surface area (Å²) < 4.78 is 17.0. The second-order valence-electron chi connectivity index (χ2n) is 8.71. The van der Waals surface area contributed by atoms with Crippen molar-refractivity contribution in [3.63, 3.8) is 0 Å². The van der Waals surface area contributed by atoms with Gasteiger partial charge in [0.05, 0.1) is 38.4 Å². The highest BCUT2D eigenvalue weighted by atomic mass is 16.5. The number of methoxy groups -OCH3 is 1. The molecule has 1 amide bonds. The Balaban J connectivity index is 1.87. The minimum absolute atomic E-state index is 0.0485. The van der Waals surface area contributed by atoms with Gasteiger partial charge in [-0.2, -0.15) is 0 Å². The molecule has 2 heterocycles. The quantitative estimate of drug-likeness (QED) is 0.683. The number of hydrogen-bond donors (Lipinski definition) is 2. The number of likely N-dealkylation sites (tertiary alicyclic amines) is 1. The Morgan fingerprint density at radius 2 is 2.10 bits per heavy atom. The molecule has 0 aliphatic carbocycles. The van der Waals surface area contributed by atoms with Gasteiger partial charge >= 0.3 is 0 Å². The van der Waals surface area contributed by atoms with Gasteiger partial charge in [0.15, 0.2) is 11.5 Å². The van der Waals surface area contributed by atoms with Crippen LogP contribution in [0.1, 0.15) is 38.7 Å². The van der Waals surface area contributed by atoms with Gasteiger partial charge < -0.3 is 29.3 Å². The lowest BCUT2D eigenvalue weighted by atomic mass is 9.72. The van der Waals surface area contributed by atoms with Gasteiger partial charge in [-0.05, 0) is 31.0 Å². The smallest absolute Gasteiger partial charge is 0.248 e. The third-order valence-corrected chi connectivity index (χ3v) is 6.86. The lowest BCUT2D eigenvalue weighted by Crippen LogP contribution is -2.46. The first-order valence-corrected chi connectivity index (χ1v) is 10.2. The third-order valence-electron chi connectivity index (χ3n) is 6.86. The van der Waals surface area contributed by atoms with Crippen LogP contribution in [0.4, 0.5) is 0 Å². The highest BCUT2D eigenvalue weighted by Crippen LogP contribution is 2.47. The van der Waals surface area contributed by atoms with Crippen LogP contribution in [0, 0.1) is 10.8 Å². The maximum atomic E-state index is 12.1. The average Bonchev–Trinajstić information content (AvgIpc) is 3.05. The standard InChI is InChI=1S/C22H33NO6/c1-5-22(12-28-13-22)14-29-19-8-16(6-7-18(19)27-4)17-9-23(20(26)10-24)11-21(17,3)15(2)25/h6-8,15,17,24-25H,5,9-14H2,1-4H3/t15-,17+,21+/m1/s1. The SMILES string of the molecule is CCC1(COc2cc([C@@H]3CN(C(=O)CO)C[C@@]3(C)[C@@H](C)O)ccc2OC)COC1. The van der Waals surface area contributed by atoms with Crippen molar-refractivity contribution in [3.05, 3.63) is 23.8 Å². The molecular weight excluding hydrogens is 374 g/mol. The maximum absolute atomic E-state index is 12.1. The monoisotopic (exact) mass is 407 g/mol. The molecule has 29 heavy (non-hydrogen) atoms. The van der Waals surface area contributed by atoms with E-state index in [4.69, 9.17) is 14.2 Å². The van der Waals surface area contributed by atoms with E-state index >= 15 is 0 Å². The molecule has 2 N–H and O–H groups in total. The van der Waals surface area contributed by atoms with Crippen LogP contribution in [0.25, 0.3) is 0 Å². The number of ether oxygens (including phenoxy) is 3. The molecule has 2 saturated heterocycles. The first kappa shape index (κ1) is 21.9. The summed E-state index contributed by atoms with van der Waals surface area (Å²) in [6.45, 7) is 8.14. The van der Waals surface area contributed by atoms with Crippen LogP contribution < -0.4 is 9.47 Å². The largest absolute Gasteiger partial charge is 0.493 e. The number of carbonyl (C=O) groups is 1. The Hall–Kier alpha value is -1.83. The number of aliphatic hydroxyl groups is 2. The number of amides is 1. The van der Waals surface area contributed by atoms with E-state index in [9.17, 15) is 15.0 Å². The summed E-state index contributed by atoms with van der Waals surface area (Å²) in [5.74, 6) is 0.905. The molecule has 2 fully saturated rings. The minimum atomic E-state index is -0.619. The molecule has 3 atom stereocenters. The van der Waals surface area contributed by atoms with Crippen LogP contribution in [0.3, 0.4) is 0 Å². The van der Waals surface area contributed by atoms with Crippen molar-refractivity contribution >= 4 is 5.91 Å². The van der Waals surface area contributed by atoms with Crippen molar-refractivity contribution in [1.82, 2.24) is 4.90 Å². The van der Waals surface area contributed by atoms with E-state index in [1.165, 1.54) is 0 Å². The highest BCUT2D eigenvalue weighted by Gasteiger charge is 2.48. The molecule has 3 rings (SSSR count). The molecule has 0 aromatic heterocycles. The van der Waals surface area contributed by atoms with E-state index < -0.39 is 18.1 Å². The van der Waals surface area contributed by atoms with Gasteiger partial charge in [-0.1, -0.05) is 19.9 Å². The highest BCUT2D eigenvalue weighted by molar-refractivity contribution is 5.77. The van der Waals surface area contributed by atoms with Crippen LogP contribution in [0.2, 0.25) is 0 Å². The van der Waals surface area contributed by atoms with Crippen molar-refractivity contribution in [2.24, 2.45) is 10.8 Å².